The van der Waals surface area contributed by atoms with Crippen LogP contribution in [0.1, 0.15) is 0 Å². The van der Waals surface area contributed by atoms with Crippen LogP contribution >= 0.6 is 22.6 Å². The maximum Gasteiger partial charge on any atom is 0.347 e. The monoisotopic (exact) mass is 319 g/mol. The third-order valence-corrected chi connectivity index (χ3v) is 2.44. The average molecular weight is 319 g/mol. The summed E-state index contributed by atoms with van der Waals surface area (Å²) in [4.78, 5) is 23.4. The van der Waals surface area contributed by atoms with E-state index in [1.54, 1.807) is 38.4 Å². The number of amides is 2. The minimum Gasteiger partial charge on any atom is -0.329 e. The molecule has 0 aliphatic carbocycles. The maximum atomic E-state index is 11.5. The molecule has 1 rings (SSSR count). The normalized spacial score (nSPS) is 9.53. The minimum absolute atomic E-state index is 0.462. The zero-order valence-electron chi connectivity index (χ0n) is 8.35. The molecule has 0 saturated heterocycles. The average Bonchev–Trinajstić information content (AvgIpc) is 2.21. The topological polar surface area (TPSA) is 53.0 Å². The van der Waals surface area contributed by atoms with E-state index in [4.69, 9.17) is 0 Å². The van der Waals surface area contributed by atoms with E-state index in [2.05, 4.69) is 27.9 Å². The van der Waals surface area contributed by atoms with E-state index in [0.717, 1.165) is 8.58 Å². The molecule has 0 aliphatic heterocycles. The summed E-state index contributed by atoms with van der Waals surface area (Å²) in [5.41, 5.74) is 0.462. The highest BCUT2D eigenvalue weighted by Gasteiger charge is 2.17. The van der Waals surface area contributed by atoms with Crippen LogP contribution in [0.25, 0.3) is 0 Å². The highest BCUT2D eigenvalue weighted by atomic mass is 127. The number of hydrogen-bond acceptors (Lipinski definition) is 3. The van der Waals surface area contributed by atoms with Crippen LogP contribution in [0.4, 0.5) is 10.5 Å². The molecular formula is C9H10IN3O2. The third-order valence-electron chi connectivity index (χ3n) is 1.72. The summed E-state index contributed by atoms with van der Waals surface area (Å²) < 4.78 is 1.03. The molecular weight excluding hydrogens is 309 g/mol. The van der Waals surface area contributed by atoms with Crippen LogP contribution in [-0.2, 0) is 0 Å². The van der Waals surface area contributed by atoms with E-state index in [1.807, 2.05) is 0 Å². The molecule has 15 heavy (non-hydrogen) atoms. The zero-order valence-corrected chi connectivity index (χ0v) is 10.5. The van der Waals surface area contributed by atoms with Crippen LogP contribution in [0.15, 0.2) is 29.6 Å². The molecule has 6 heteroatoms. The number of rotatable bonds is 2. The number of halogens is 1. The maximum absolute atomic E-state index is 11.5. The Labute approximate surface area is 101 Å². The first-order chi connectivity index (χ1) is 7.06. The summed E-state index contributed by atoms with van der Waals surface area (Å²) in [5, 5.41) is 3.51. The summed E-state index contributed by atoms with van der Waals surface area (Å²) in [6, 6.07) is 6.48. The Balaban J connectivity index is 2.97. The van der Waals surface area contributed by atoms with Gasteiger partial charge >= 0.3 is 6.03 Å². The highest BCUT2D eigenvalue weighted by Crippen LogP contribution is 2.17. The van der Waals surface area contributed by atoms with Crippen molar-refractivity contribution in [2.24, 2.45) is 5.29 Å². The lowest BCUT2D eigenvalue weighted by Gasteiger charge is -2.18. The number of anilines is 1. The summed E-state index contributed by atoms with van der Waals surface area (Å²) in [7, 11) is 3.13. The van der Waals surface area contributed by atoms with Crippen LogP contribution in [-0.4, -0.2) is 25.0 Å². The van der Waals surface area contributed by atoms with Gasteiger partial charge < -0.3 is 4.90 Å². The van der Waals surface area contributed by atoms with Gasteiger partial charge in [0.25, 0.3) is 0 Å². The van der Waals surface area contributed by atoms with Crippen LogP contribution in [0, 0.1) is 8.48 Å². The smallest absolute Gasteiger partial charge is 0.329 e. The lowest BCUT2D eigenvalue weighted by molar-refractivity contribution is 0.224. The van der Waals surface area contributed by atoms with Gasteiger partial charge in [-0.3, -0.25) is 0 Å². The molecule has 0 N–H and O–H groups in total. The number of carbonyl (C=O) groups is 1. The van der Waals surface area contributed by atoms with Gasteiger partial charge in [-0.15, -0.1) is 9.92 Å². The Bertz CT molecular complexity index is 364. The van der Waals surface area contributed by atoms with E-state index in [9.17, 15) is 9.70 Å². The largest absolute Gasteiger partial charge is 0.347 e. The Morgan fingerprint density at radius 1 is 1.27 bits per heavy atom. The molecule has 5 nitrogen and oxygen atoms in total. The Morgan fingerprint density at radius 2 is 1.80 bits per heavy atom. The number of hydrogen-bond donors (Lipinski definition) is 0. The van der Waals surface area contributed by atoms with Gasteiger partial charge in [0.1, 0.15) is 0 Å². The summed E-state index contributed by atoms with van der Waals surface area (Å²) in [5.74, 6) is 0. The predicted octanol–water partition coefficient (Wildman–Crippen LogP) is 2.46. The second kappa shape index (κ2) is 5.06. The summed E-state index contributed by atoms with van der Waals surface area (Å²) in [6.45, 7) is 0. The second-order valence-corrected chi connectivity index (χ2v) is 4.29. The van der Waals surface area contributed by atoms with Gasteiger partial charge in [-0.25, -0.2) is 4.79 Å². The Kier molecular flexibility index (Phi) is 4.01. The van der Waals surface area contributed by atoms with Crippen molar-refractivity contribution in [1.82, 2.24) is 4.90 Å². The lowest BCUT2D eigenvalue weighted by atomic mass is 10.3. The molecule has 80 valence electrons. The molecule has 0 radical (unpaired) electrons. The van der Waals surface area contributed by atoms with E-state index in [-0.39, 0.29) is 0 Å². The number of urea groups is 1. The Morgan fingerprint density at radius 3 is 2.20 bits per heavy atom. The van der Waals surface area contributed by atoms with Crippen molar-refractivity contribution in [3.8, 4) is 0 Å². The molecule has 0 atom stereocenters. The van der Waals surface area contributed by atoms with Gasteiger partial charge in [-0.1, -0.05) is 0 Å². The van der Waals surface area contributed by atoms with E-state index >= 15 is 0 Å². The fourth-order valence-corrected chi connectivity index (χ4v) is 1.32. The summed E-state index contributed by atoms with van der Waals surface area (Å²) >= 11 is 2.14. The molecule has 0 unspecified atom stereocenters. The predicted molar refractivity (Wildman–Crippen MR) is 66.5 cm³/mol. The van der Waals surface area contributed by atoms with E-state index in [0.29, 0.717) is 5.69 Å². The first-order valence-electron chi connectivity index (χ1n) is 4.16. The van der Waals surface area contributed by atoms with Gasteiger partial charge in [-0.2, -0.15) is 0 Å². The molecule has 0 bridgehead atoms. The van der Waals surface area contributed by atoms with E-state index < -0.39 is 6.03 Å². The standard InChI is InChI=1S/C9H10IN3O2/c1-12(2)9(14)13(11-15)8-5-3-7(10)4-6-8/h3-6H,1-2H3. The number of benzene rings is 1. The minimum atomic E-state index is -0.466. The second-order valence-electron chi connectivity index (χ2n) is 3.05. The van der Waals surface area contributed by atoms with Gasteiger partial charge in [0.2, 0.25) is 0 Å². The first-order valence-corrected chi connectivity index (χ1v) is 5.24. The van der Waals surface area contributed by atoms with Gasteiger partial charge in [0, 0.05) is 17.7 Å². The van der Waals surface area contributed by atoms with Crippen molar-refractivity contribution in [2.75, 3.05) is 19.1 Å². The molecule has 1 aromatic rings. The van der Waals surface area contributed by atoms with Crippen molar-refractivity contribution in [3.05, 3.63) is 32.7 Å². The molecule has 2 amide bonds. The summed E-state index contributed by atoms with van der Waals surface area (Å²) in [6.07, 6.45) is 0. The van der Waals surface area contributed by atoms with E-state index in [1.165, 1.54) is 4.90 Å². The number of nitroso groups, excluding NO2 is 1. The van der Waals surface area contributed by atoms with Gasteiger partial charge in [0.15, 0.2) is 0 Å². The third kappa shape index (κ3) is 2.88. The highest BCUT2D eigenvalue weighted by molar-refractivity contribution is 14.1. The molecule has 0 heterocycles. The molecule has 0 spiro atoms. The van der Waals surface area contributed by atoms with Crippen molar-refractivity contribution >= 4 is 34.3 Å². The van der Waals surface area contributed by atoms with Crippen LogP contribution in [0.5, 0.6) is 0 Å². The molecule has 1 aromatic carbocycles. The van der Waals surface area contributed by atoms with Crippen molar-refractivity contribution in [1.29, 1.82) is 0 Å². The van der Waals surface area contributed by atoms with Crippen LogP contribution < -0.4 is 5.01 Å². The van der Waals surface area contributed by atoms with Gasteiger partial charge in [-0.05, 0) is 46.9 Å². The quantitative estimate of drug-likeness (QED) is 0.478. The van der Waals surface area contributed by atoms with Crippen LogP contribution in [0.3, 0.4) is 0 Å². The molecule has 0 fully saturated rings. The van der Waals surface area contributed by atoms with Crippen molar-refractivity contribution < 1.29 is 4.79 Å². The fraction of sp³-hybridized carbons (Fsp3) is 0.222. The van der Waals surface area contributed by atoms with Crippen molar-refractivity contribution in [3.63, 3.8) is 0 Å². The molecule has 0 aliphatic rings. The zero-order chi connectivity index (χ0) is 11.4. The SMILES string of the molecule is CN(C)C(=O)N(N=O)c1ccc(I)cc1. The fourth-order valence-electron chi connectivity index (χ4n) is 0.964. The molecule has 0 aromatic heterocycles. The first kappa shape index (κ1) is 11.9. The Hall–Kier alpha value is -1.18. The lowest BCUT2D eigenvalue weighted by Crippen LogP contribution is -2.35. The van der Waals surface area contributed by atoms with Gasteiger partial charge in [0.05, 0.1) is 11.0 Å². The van der Waals surface area contributed by atoms with Crippen molar-refractivity contribution in [2.45, 2.75) is 0 Å². The number of nitrogens with zero attached hydrogens (tertiary/aromatic N) is 3. The number of carbonyl (C=O) groups excluding carboxylic acids is 1. The van der Waals surface area contributed by atoms with Crippen LogP contribution in [0.2, 0.25) is 0 Å². The molecule has 0 saturated carbocycles.